The predicted octanol–water partition coefficient (Wildman–Crippen LogP) is 5.30. The molecule has 35 heavy (non-hydrogen) atoms. The minimum Gasteiger partial charge on any atom is -0.508 e. The van der Waals surface area contributed by atoms with Gasteiger partial charge in [-0.25, -0.2) is 35.1 Å². The Balaban J connectivity index is 2.16. The van der Waals surface area contributed by atoms with Crippen molar-refractivity contribution in [1.29, 1.82) is 0 Å². The quantitative estimate of drug-likeness (QED) is 0.344. The van der Waals surface area contributed by atoms with Crippen molar-refractivity contribution in [3.05, 3.63) is 88.4 Å². The van der Waals surface area contributed by atoms with Gasteiger partial charge in [0.2, 0.25) is 10.0 Å². The van der Waals surface area contributed by atoms with Gasteiger partial charge >= 0.3 is 0 Å². The maximum Gasteiger partial charge on any atom is 0.269 e. The van der Waals surface area contributed by atoms with Crippen LogP contribution >= 0.6 is 23.2 Å². The molecule has 0 aliphatic carbocycles. The van der Waals surface area contributed by atoms with Crippen LogP contribution in [0.15, 0.2) is 76.5 Å². The third-order valence-electron chi connectivity index (χ3n) is 5.02. The van der Waals surface area contributed by atoms with E-state index in [-0.39, 0.29) is 16.5 Å². The Hall–Kier alpha value is -2.96. The van der Waals surface area contributed by atoms with Crippen molar-refractivity contribution < 1.29 is 30.7 Å². The Morgan fingerprint density at radius 1 is 0.800 bits per heavy atom. The monoisotopic (exact) mass is 558 g/mol. The number of sulfonamides is 2. The Morgan fingerprint density at radius 2 is 1.34 bits per heavy atom. The van der Waals surface area contributed by atoms with Crippen LogP contribution in [0.3, 0.4) is 0 Å². The van der Waals surface area contributed by atoms with E-state index in [1.54, 1.807) is 0 Å². The molecule has 0 aliphatic heterocycles. The Kier molecular flexibility index (Phi) is 6.41. The summed E-state index contributed by atoms with van der Waals surface area (Å²) < 4.78 is 82.8. The first-order chi connectivity index (χ1) is 16.3. The lowest BCUT2D eigenvalue weighted by molar-refractivity contribution is 0.476. The van der Waals surface area contributed by atoms with Crippen molar-refractivity contribution in [2.24, 2.45) is 5.14 Å². The maximum atomic E-state index is 15.1. The van der Waals surface area contributed by atoms with Crippen LogP contribution in [0.2, 0.25) is 10.0 Å². The lowest BCUT2D eigenvalue weighted by Gasteiger charge is -2.26. The predicted molar refractivity (Wildman–Crippen MR) is 129 cm³/mol. The molecule has 0 aliphatic rings. The number of phenolic OH excluding ortho intramolecular Hbond substituents is 1. The molecule has 7 nitrogen and oxygen atoms in total. The number of fused-ring (bicyclic) bond motifs is 1. The molecule has 0 unspecified atom stereocenters. The van der Waals surface area contributed by atoms with Crippen molar-refractivity contribution >= 4 is 65.4 Å². The number of halogens is 4. The van der Waals surface area contributed by atoms with E-state index in [0.717, 1.165) is 42.5 Å². The fourth-order valence-corrected chi connectivity index (χ4v) is 6.16. The summed E-state index contributed by atoms with van der Waals surface area (Å²) in [5.74, 6) is -2.72. The number of benzene rings is 4. The fraction of sp³-hybridized carbons (Fsp3) is 0. The van der Waals surface area contributed by atoms with Gasteiger partial charge in [0.15, 0.2) is 11.6 Å². The highest BCUT2D eigenvalue weighted by atomic mass is 35.5. The smallest absolute Gasteiger partial charge is 0.269 e. The van der Waals surface area contributed by atoms with Crippen molar-refractivity contribution in [2.45, 2.75) is 9.79 Å². The molecule has 0 saturated heterocycles. The molecule has 0 heterocycles. The second kappa shape index (κ2) is 8.92. The second-order valence-corrected chi connectivity index (χ2v) is 11.4. The number of aromatic hydroxyl groups is 1. The summed E-state index contributed by atoms with van der Waals surface area (Å²) in [7, 11) is -9.41. The van der Waals surface area contributed by atoms with E-state index in [1.807, 2.05) is 0 Å². The van der Waals surface area contributed by atoms with Crippen LogP contribution in [-0.2, 0) is 20.0 Å². The minimum atomic E-state index is -5.01. The van der Waals surface area contributed by atoms with E-state index in [0.29, 0.717) is 4.31 Å². The van der Waals surface area contributed by atoms with Crippen LogP contribution in [0.5, 0.6) is 5.75 Å². The molecule has 0 fully saturated rings. The molecule has 0 saturated carbocycles. The van der Waals surface area contributed by atoms with Gasteiger partial charge in [0.05, 0.1) is 31.2 Å². The molecule has 0 spiro atoms. The van der Waals surface area contributed by atoms with Gasteiger partial charge < -0.3 is 5.11 Å². The number of anilines is 2. The molecule has 0 aromatic heterocycles. The van der Waals surface area contributed by atoms with Crippen LogP contribution in [0.25, 0.3) is 10.8 Å². The van der Waals surface area contributed by atoms with Gasteiger partial charge in [-0.05, 0) is 53.9 Å². The van der Waals surface area contributed by atoms with Gasteiger partial charge in [-0.3, -0.25) is 0 Å². The van der Waals surface area contributed by atoms with Gasteiger partial charge in [-0.2, -0.15) is 0 Å². The summed E-state index contributed by atoms with van der Waals surface area (Å²) in [6, 6.07) is 12.3. The largest absolute Gasteiger partial charge is 0.508 e. The average molecular weight is 559 g/mol. The Labute approximate surface area is 209 Å². The molecule has 4 aromatic carbocycles. The van der Waals surface area contributed by atoms with Crippen molar-refractivity contribution in [3.8, 4) is 5.75 Å². The number of primary sulfonamides is 1. The molecule has 0 atom stereocenters. The number of nitrogens with zero attached hydrogens (tertiary/aromatic N) is 1. The first-order valence-electron chi connectivity index (χ1n) is 9.55. The molecular weight excluding hydrogens is 545 g/mol. The SMILES string of the molecule is NS(=O)(=O)c1cc(S(=O)(=O)N(c2cccc(Cl)c2F)c2cccc(Cl)c2F)c2cc(O)ccc2c1. The molecular formula is C22H14Cl2F2N2O5S2. The summed E-state index contributed by atoms with van der Waals surface area (Å²) in [4.78, 5) is -1.28. The van der Waals surface area contributed by atoms with Gasteiger partial charge in [-0.15, -0.1) is 0 Å². The van der Waals surface area contributed by atoms with Gasteiger partial charge in [0.25, 0.3) is 10.0 Å². The maximum absolute atomic E-state index is 15.1. The van der Waals surface area contributed by atoms with E-state index in [9.17, 15) is 21.9 Å². The lowest BCUT2D eigenvalue weighted by atomic mass is 10.1. The normalized spacial score (nSPS) is 12.1. The molecule has 13 heteroatoms. The van der Waals surface area contributed by atoms with E-state index < -0.39 is 62.9 Å². The minimum absolute atomic E-state index is 0.0750. The molecule has 3 N–H and O–H groups in total. The molecule has 0 amide bonds. The standard InChI is InChI=1S/C22H14Cl2F2N2O5S2/c23-16-3-1-5-18(21(16)25)28(19-6-2-4-17(24)22(19)26)35(32,33)20-11-14(34(27,30)31)9-12-7-8-13(29)10-15(12)20/h1-11,29H,(H2,27,30,31). The molecule has 0 bridgehead atoms. The molecule has 0 radical (unpaired) electrons. The summed E-state index contributed by atoms with van der Waals surface area (Å²) in [6.07, 6.45) is 0. The van der Waals surface area contributed by atoms with E-state index in [2.05, 4.69) is 0 Å². The molecule has 4 rings (SSSR count). The zero-order valence-electron chi connectivity index (χ0n) is 17.3. The number of hydrogen-bond donors (Lipinski definition) is 2. The highest BCUT2D eigenvalue weighted by molar-refractivity contribution is 7.93. The summed E-state index contributed by atoms with van der Waals surface area (Å²) in [5.41, 5.74) is -1.32. The van der Waals surface area contributed by atoms with Crippen LogP contribution in [-0.4, -0.2) is 21.9 Å². The summed E-state index contributed by atoms with van der Waals surface area (Å²) in [6.45, 7) is 0. The Morgan fingerprint density at radius 3 is 1.86 bits per heavy atom. The first-order valence-corrected chi connectivity index (χ1v) is 13.3. The first kappa shape index (κ1) is 25.1. The highest BCUT2D eigenvalue weighted by Gasteiger charge is 2.34. The fourth-order valence-electron chi connectivity index (χ4n) is 3.45. The number of nitrogens with two attached hydrogens (primary N) is 1. The second-order valence-electron chi connectivity index (χ2n) is 7.29. The van der Waals surface area contributed by atoms with Gasteiger partial charge in [0.1, 0.15) is 5.75 Å². The van der Waals surface area contributed by atoms with E-state index in [1.165, 1.54) is 24.3 Å². The van der Waals surface area contributed by atoms with Crippen LogP contribution < -0.4 is 9.44 Å². The van der Waals surface area contributed by atoms with Crippen molar-refractivity contribution in [2.75, 3.05) is 4.31 Å². The summed E-state index contributed by atoms with van der Waals surface area (Å²) in [5, 5.41) is 14.2. The van der Waals surface area contributed by atoms with Gasteiger partial charge in [0, 0.05) is 5.39 Å². The molecule has 182 valence electrons. The van der Waals surface area contributed by atoms with Crippen molar-refractivity contribution in [3.63, 3.8) is 0 Å². The van der Waals surface area contributed by atoms with Crippen LogP contribution in [0, 0.1) is 11.6 Å². The molecule has 4 aromatic rings. The lowest BCUT2D eigenvalue weighted by Crippen LogP contribution is -2.28. The van der Waals surface area contributed by atoms with Gasteiger partial charge in [-0.1, -0.05) is 41.4 Å². The van der Waals surface area contributed by atoms with Crippen LogP contribution in [0.1, 0.15) is 0 Å². The van der Waals surface area contributed by atoms with Crippen molar-refractivity contribution in [1.82, 2.24) is 0 Å². The third kappa shape index (κ3) is 4.53. The number of hydrogen-bond acceptors (Lipinski definition) is 5. The zero-order valence-corrected chi connectivity index (χ0v) is 20.4. The Bertz CT molecular complexity index is 1660. The van der Waals surface area contributed by atoms with E-state index in [4.69, 9.17) is 28.3 Å². The third-order valence-corrected chi connectivity index (χ3v) is 8.26. The highest BCUT2D eigenvalue weighted by Crippen LogP contribution is 2.41. The zero-order chi connectivity index (χ0) is 25.7. The topological polar surface area (TPSA) is 118 Å². The summed E-state index contributed by atoms with van der Waals surface area (Å²) >= 11 is 11.7. The van der Waals surface area contributed by atoms with E-state index >= 15 is 8.78 Å². The average Bonchev–Trinajstić information content (AvgIpc) is 2.78. The number of phenols is 1. The number of rotatable bonds is 5. The van der Waals surface area contributed by atoms with Crippen LogP contribution in [0.4, 0.5) is 20.2 Å².